The second-order valence-electron chi connectivity index (χ2n) is 14.4. The van der Waals surface area contributed by atoms with Gasteiger partial charge in [-0.05, 0) is 116 Å². The van der Waals surface area contributed by atoms with Crippen molar-refractivity contribution in [3.05, 3.63) is 65.0 Å². The van der Waals surface area contributed by atoms with Gasteiger partial charge in [0.2, 0.25) is 0 Å². The molecular weight excluding hydrogens is 511 g/mol. The van der Waals surface area contributed by atoms with Crippen molar-refractivity contribution in [1.29, 1.82) is 0 Å². The van der Waals surface area contributed by atoms with Crippen LogP contribution in [0.25, 0.3) is 0 Å². The number of anilines is 1. The Morgan fingerprint density at radius 3 is 2.27 bits per heavy atom. The number of nitrogens with zero attached hydrogens (tertiary/aromatic N) is 1. The van der Waals surface area contributed by atoms with Gasteiger partial charge < -0.3 is 10.2 Å². The van der Waals surface area contributed by atoms with Crippen molar-refractivity contribution in [2.24, 2.45) is 17.8 Å². The number of hydrogen-bond donors (Lipinski definition) is 1. The van der Waals surface area contributed by atoms with Crippen molar-refractivity contribution in [3.63, 3.8) is 0 Å². The SMILES string of the molecule is CCCC[C@H]1Cc2cc(F)ccc2[C@H](c2ccc(NC34CC5CC(CC(C5)C3)C4)cc2)N1C(=O)C#C[Si](C)(C)C. The van der Waals surface area contributed by atoms with Crippen molar-refractivity contribution in [2.45, 2.75) is 108 Å². The number of carbonyl (C=O) groups is 1. The number of halogens is 1. The number of rotatable bonds is 6. The van der Waals surface area contributed by atoms with Crippen molar-refractivity contribution in [3.8, 4) is 11.5 Å². The molecule has 4 aliphatic carbocycles. The topological polar surface area (TPSA) is 32.3 Å². The number of carbonyl (C=O) groups excluding carboxylic acids is 1. The van der Waals surface area contributed by atoms with E-state index < -0.39 is 8.07 Å². The van der Waals surface area contributed by atoms with Crippen molar-refractivity contribution in [2.75, 3.05) is 5.32 Å². The molecule has 0 saturated heterocycles. The van der Waals surface area contributed by atoms with Crippen LogP contribution in [0.2, 0.25) is 19.6 Å². The van der Waals surface area contributed by atoms with E-state index >= 15 is 0 Å². The molecule has 5 aliphatic rings. The molecule has 2 atom stereocenters. The Morgan fingerprint density at radius 2 is 1.68 bits per heavy atom. The van der Waals surface area contributed by atoms with E-state index in [0.717, 1.165) is 53.7 Å². The Hall–Kier alpha value is -2.58. The van der Waals surface area contributed by atoms with Crippen LogP contribution in [-0.4, -0.2) is 30.5 Å². The minimum atomic E-state index is -1.72. The zero-order valence-electron chi connectivity index (χ0n) is 24.7. The van der Waals surface area contributed by atoms with Gasteiger partial charge in [-0.15, -0.1) is 5.54 Å². The molecule has 1 amide bonds. The standard InChI is InChI=1S/C35H45FN2OSi/c1-5-6-7-31-20-28-19-29(36)10-13-32(28)34(38(31)33(39)14-15-40(2,3)4)27-8-11-30(12-9-27)37-35-21-24-16-25(22-35)18-26(17-24)23-35/h8-13,19,24-26,31,34,37H,5-7,16-18,20-23H2,1-4H3/t24?,25?,26?,31-,34-,35?/m0/s1. The Morgan fingerprint density at radius 1 is 1.02 bits per heavy atom. The van der Waals surface area contributed by atoms with Crippen LogP contribution >= 0.6 is 0 Å². The maximum absolute atomic E-state index is 14.4. The molecule has 0 radical (unpaired) electrons. The fourth-order valence-corrected chi connectivity index (χ4v) is 9.14. The van der Waals surface area contributed by atoms with E-state index in [2.05, 4.69) is 67.6 Å². The van der Waals surface area contributed by atoms with Crippen LogP contribution < -0.4 is 5.32 Å². The van der Waals surface area contributed by atoms with E-state index in [4.69, 9.17) is 0 Å². The molecule has 212 valence electrons. The molecule has 3 nitrogen and oxygen atoms in total. The number of amides is 1. The molecule has 1 heterocycles. The van der Waals surface area contributed by atoms with Crippen molar-refractivity contribution >= 4 is 19.7 Å². The fraction of sp³-hybridized carbons (Fsp3) is 0.571. The minimum Gasteiger partial charge on any atom is -0.380 e. The monoisotopic (exact) mass is 556 g/mol. The van der Waals surface area contributed by atoms with Gasteiger partial charge in [0.25, 0.3) is 5.91 Å². The molecule has 0 aromatic heterocycles. The molecule has 4 bridgehead atoms. The summed E-state index contributed by atoms with van der Waals surface area (Å²) >= 11 is 0. The fourth-order valence-electron chi connectivity index (χ4n) is 8.66. The normalized spacial score (nSPS) is 30.4. The minimum absolute atomic E-state index is 0.00696. The molecule has 7 rings (SSSR count). The number of nitrogens with one attached hydrogen (secondary N) is 1. The molecule has 0 unspecified atom stereocenters. The summed E-state index contributed by atoms with van der Waals surface area (Å²) < 4.78 is 14.4. The lowest BCUT2D eigenvalue weighted by molar-refractivity contribution is -0.130. The highest BCUT2D eigenvalue weighted by Gasteiger charge is 2.51. The Bertz CT molecular complexity index is 1280. The van der Waals surface area contributed by atoms with E-state index in [-0.39, 0.29) is 29.3 Å². The average Bonchev–Trinajstić information content (AvgIpc) is 2.88. The summed E-state index contributed by atoms with van der Waals surface area (Å²) in [6.45, 7) is 8.69. The largest absolute Gasteiger partial charge is 0.380 e. The van der Waals surface area contributed by atoms with Gasteiger partial charge in [-0.2, -0.15) is 0 Å². The Balaban J connectivity index is 1.34. The van der Waals surface area contributed by atoms with Gasteiger partial charge in [-0.1, -0.05) is 57.6 Å². The summed E-state index contributed by atoms with van der Waals surface area (Å²) in [4.78, 5) is 15.9. The quantitative estimate of drug-likeness (QED) is 0.288. The predicted molar refractivity (Wildman–Crippen MR) is 164 cm³/mol. The Labute approximate surface area is 241 Å². The zero-order chi connectivity index (χ0) is 28.1. The summed E-state index contributed by atoms with van der Waals surface area (Å²) in [6.07, 6.45) is 11.9. The summed E-state index contributed by atoms with van der Waals surface area (Å²) in [6, 6.07) is 13.7. The average molecular weight is 557 g/mol. The van der Waals surface area contributed by atoms with Gasteiger partial charge in [0.1, 0.15) is 13.9 Å². The summed E-state index contributed by atoms with van der Waals surface area (Å²) in [5.74, 6) is 5.44. The maximum atomic E-state index is 14.4. The first-order chi connectivity index (χ1) is 19.1. The van der Waals surface area contributed by atoms with Gasteiger partial charge in [-0.25, -0.2) is 4.39 Å². The van der Waals surface area contributed by atoms with Crippen LogP contribution in [0, 0.1) is 35.0 Å². The highest BCUT2D eigenvalue weighted by molar-refractivity contribution is 6.84. The molecule has 2 aromatic rings. The number of unbranched alkanes of at least 4 members (excludes halogenated alkanes) is 1. The molecule has 1 aliphatic heterocycles. The summed E-state index contributed by atoms with van der Waals surface area (Å²) in [5, 5.41) is 4.00. The number of fused-ring (bicyclic) bond motifs is 1. The van der Waals surface area contributed by atoms with Gasteiger partial charge in [0, 0.05) is 17.3 Å². The van der Waals surface area contributed by atoms with E-state index in [1.165, 1.54) is 50.3 Å². The molecule has 4 saturated carbocycles. The second-order valence-corrected chi connectivity index (χ2v) is 19.2. The van der Waals surface area contributed by atoms with E-state index in [1.54, 1.807) is 6.07 Å². The van der Waals surface area contributed by atoms with Crippen LogP contribution in [0.4, 0.5) is 10.1 Å². The molecule has 4 fully saturated rings. The lowest BCUT2D eigenvalue weighted by Gasteiger charge is -2.57. The van der Waals surface area contributed by atoms with Crippen molar-refractivity contribution in [1.82, 2.24) is 4.90 Å². The van der Waals surface area contributed by atoms with E-state index in [1.807, 2.05) is 11.0 Å². The van der Waals surface area contributed by atoms with Crippen LogP contribution in [0.1, 0.15) is 87.4 Å². The highest BCUT2D eigenvalue weighted by Crippen LogP contribution is 2.56. The smallest absolute Gasteiger partial charge is 0.298 e. The molecule has 1 N–H and O–H groups in total. The first-order valence-corrected chi connectivity index (χ1v) is 19.1. The Kier molecular flexibility index (Phi) is 7.36. The molecule has 5 heteroatoms. The highest BCUT2D eigenvalue weighted by atomic mass is 28.3. The van der Waals surface area contributed by atoms with Gasteiger partial charge in [0.15, 0.2) is 0 Å². The third kappa shape index (κ3) is 5.62. The van der Waals surface area contributed by atoms with Crippen LogP contribution in [0.15, 0.2) is 42.5 Å². The van der Waals surface area contributed by atoms with E-state index in [0.29, 0.717) is 6.42 Å². The predicted octanol–water partition coefficient (Wildman–Crippen LogP) is 8.12. The maximum Gasteiger partial charge on any atom is 0.298 e. The summed E-state index contributed by atoms with van der Waals surface area (Å²) in [7, 11) is -1.72. The van der Waals surface area contributed by atoms with Crippen LogP contribution in [0.5, 0.6) is 0 Å². The first-order valence-electron chi connectivity index (χ1n) is 15.6. The van der Waals surface area contributed by atoms with Gasteiger partial charge in [-0.3, -0.25) is 4.79 Å². The molecule has 0 spiro atoms. The number of benzene rings is 2. The first kappa shape index (κ1) is 27.6. The third-order valence-electron chi connectivity index (χ3n) is 9.87. The van der Waals surface area contributed by atoms with Crippen LogP contribution in [0.3, 0.4) is 0 Å². The van der Waals surface area contributed by atoms with E-state index in [9.17, 15) is 9.18 Å². The van der Waals surface area contributed by atoms with Gasteiger partial charge in [0.05, 0.1) is 6.04 Å². The molecule has 40 heavy (non-hydrogen) atoms. The molecule has 2 aromatic carbocycles. The third-order valence-corrected chi connectivity index (χ3v) is 10.7. The van der Waals surface area contributed by atoms with Crippen LogP contribution in [-0.2, 0) is 11.2 Å². The van der Waals surface area contributed by atoms with Gasteiger partial charge >= 0.3 is 0 Å². The molecular formula is C35H45FN2OSi. The zero-order valence-corrected chi connectivity index (χ0v) is 25.7. The lowest BCUT2D eigenvalue weighted by Crippen LogP contribution is -2.54. The second kappa shape index (κ2) is 10.7. The summed E-state index contributed by atoms with van der Waals surface area (Å²) in [5.41, 5.74) is 7.87. The number of hydrogen-bond acceptors (Lipinski definition) is 2. The lowest BCUT2D eigenvalue weighted by atomic mass is 9.53. The van der Waals surface area contributed by atoms with Crippen molar-refractivity contribution < 1.29 is 9.18 Å².